The molecule has 0 unspecified atom stereocenters. The Labute approximate surface area is 181 Å². The Balaban J connectivity index is 1.50. The van der Waals surface area contributed by atoms with Crippen LogP contribution in [-0.2, 0) is 19.1 Å². The Bertz CT molecular complexity index is 921. The van der Waals surface area contributed by atoms with Gasteiger partial charge in [-0.15, -0.1) is 0 Å². The first kappa shape index (κ1) is 20.4. The molecule has 0 saturated heterocycles. The Kier molecular flexibility index (Phi) is 4.29. The summed E-state index contributed by atoms with van der Waals surface area (Å²) >= 11 is 6.76. The second-order valence-electron chi connectivity index (χ2n) is 10.6. The lowest BCUT2D eigenvalue weighted by Crippen LogP contribution is -2.58. The summed E-state index contributed by atoms with van der Waals surface area (Å²) in [4.78, 5) is 36.5. The van der Waals surface area contributed by atoms with Crippen LogP contribution >= 0.6 is 11.6 Å². The molecule has 0 aromatic carbocycles. The maximum Gasteiger partial charge on any atom is 0.303 e. The number of halogens is 1. The van der Waals surface area contributed by atoms with Crippen LogP contribution in [0.3, 0.4) is 0 Å². The SMILES string of the molecule is CC(=O)OCC(=O)[C@@]1(O)CC[C@H]2[C@@H]3C=C(Cl)C4=CC(=O)[C@@H]5C[C@@H]5[C@]4(C)[C@H]3CC[C@@]21C. The molecule has 5 aliphatic carbocycles. The lowest BCUT2D eigenvalue weighted by Gasteiger charge is -2.57. The highest BCUT2D eigenvalue weighted by atomic mass is 35.5. The summed E-state index contributed by atoms with van der Waals surface area (Å²) in [5.41, 5.74) is -1.18. The van der Waals surface area contributed by atoms with Crippen molar-refractivity contribution in [1.82, 2.24) is 0 Å². The topological polar surface area (TPSA) is 80.7 Å². The first-order valence-corrected chi connectivity index (χ1v) is 11.4. The quantitative estimate of drug-likeness (QED) is 0.689. The molecule has 3 fully saturated rings. The van der Waals surface area contributed by atoms with Crippen molar-refractivity contribution in [3.05, 3.63) is 22.8 Å². The van der Waals surface area contributed by atoms with E-state index >= 15 is 0 Å². The van der Waals surface area contributed by atoms with Gasteiger partial charge in [-0.05, 0) is 67.4 Å². The molecule has 3 saturated carbocycles. The molecule has 5 nitrogen and oxygen atoms in total. The van der Waals surface area contributed by atoms with E-state index in [1.807, 2.05) is 6.92 Å². The van der Waals surface area contributed by atoms with E-state index in [1.54, 1.807) is 6.08 Å². The number of carbonyl (C=O) groups excluding carboxylic acids is 3. The fourth-order valence-electron chi connectivity index (χ4n) is 7.73. The lowest BCUT2D eigenvalue weighted by molar-refractivity contribution is -0.167. The van der Waals surface area contributed by atoms with Crippen LogP contribution in [-0.4, -0.2) is 34.9 Å². The van der Waals surface area contributed by atoms with Gasteiger partial charge in [0.15, 0.2) is 12.4 Å². The molecule has 1 N–H and O–H groups in total. The minimum absolute atomic E-state index is 0.112. The summed E-state index contributed by atoms with van der Waals surface area (Å²) in [6.07, 6.45) is 7.56. The maximum atomic E-state index is 12.9. The number of fused-ring (bicyclic) bond motifs is 7. The first-order chi connectivity index (χ1) is 14.0. The molecule has 6 heteroatoms. The molecule has 0 spiro atoms. The molecule has 162 valence electrons. The molecule has 5 aliphatic rings. The number of ether oxygens (including phenoxy) is 1. The normalized spacial score (nSPS) is 48.4. The molecule has 8 atom stereocenters. The zero-order chi connectivity index (χ0) is 21.6. The lowest BCUT2D eigenvalue weighted by atomic mass is 9.47. The van der Waals surface area contributed by atoms with Gasteiger partial charge >= 0.3 is 5.97 Å². The fourth-order valence-corrected chi connectivity index (χ4v) is 8.13. The van der Waals surface area contributed by atoms with E-state index in [0.717, 1.165) is 31.3 Å². The van der Waals surface area contributed by atoms with E-state index in [4.69, 9.17) is 16.3 Å². The van der Waals surface area contributed by atoms with Gasteiger partial charge in [0.2, 0.25) is 5.78 Å². The maximum absolute atomic E-state index is 12.9. The highest BCUT2D eigenvalue weighted by molar-refractivity contribution is 6.32. The number of hydrogen-bond acceptors (Lipinski definition) is 5. The van der Waals surface area contributed by atoms with Gasteiger partial charge < -0.3 is 9.84 Å². The Morgan fingerprint density at radius 1 is 1.20 bits per heavy atom. The van der Waals surface area contributed by atoms with Crippen molar-refractivity contribution < 1.29 is 24.2 Å². The van der Waals surface area contributed by atoms with Gasteiger partial charge in [-0.1, -0.05) is 31.5 Å². The Hall–Kier alpha value is -1.46. The minimum atomic E-state index is -1.49. The molecule has 0 aliphatic heterocycles. The summed E-state index contributed by atoms with van der Waals surface area (Å²) < 4.78 is 4.93. The van der Waals surface area contributed by atoms with E-state index in [0.29, 0.717) is 23.3 Å². The zero-order valence-electron chi connectivity index (χ0n) is 17.7. The summed E-state index contributed by atoms with van der Waals surface area (Å²) in [5, 5.41) is 12.2. The van der Waals surface area contributed by atoms with Crippen LogP contribution in [0.2, 0.25) is 0 Å². The van der Waals surface area contributed by atoms with Crippen LogP contribution in [0.4, 0.5) is 0 Å². The van der Waals surface area contributed by atoms with E-state index in [1.165, 1.54) is 6.92 Å². The number of ketones is 2. The number of rotatable bonds is 3. The largest absolute Gasteiger partial charge is 0.458 e. The number of allylic oxidation sites excluding steroid dienone is 4. The van der Waals surface area contributed by atoms with E-state index in [9.17, 15) is 19.5 Å². The van der Waals surface area contributed by atoms with Crippen LogP contribution in [0, 0.1) is 40.4 Å². The van der Waals surface area contributed by atoms with Crippen LogP contribution in [0.1, 0.15) is 52.9 Å². The molecule has 5 rings (SSSR count). The molecule has 0 aromatic rings. The smallest absolute Gasteiger partial charge is 0.303 e. The average Bonchev–Trinajstić information content (AvgIpc) is 3.45. The standard InChI is InChI=1S/C24H29ClO5/c1-12(26)30-11-21(28)24(29)7-5-15-13-9-19(25)18-10-20(27)14-8-17(14)23(18,3)16(13)4-6-22(15,24)2/h9-10,13-17,29H,4-8,11H2,1-3H3/t13-,14+,15-,16-,17-,22-,23-,24-/m0/s1. The van der Waals surface area contributed by atoms with Gasteiger partial charge in [-0.2, -0.15) is 0 Å². The van der Waals surface area contributed by atoms with Crippen molar-refractivity contribution in [3.63, 3.8) is 0 Å². The van der Waals surface area contributed by atoms with Crippen molar-refractivity contribution in [2.24, 2.45) is 40.4 Å². The number of Topliss-reactive ketones (excluding diaryl/α,β-unsaturated/α-hetero) is 1. The van der Waals surface area contributed by atoms with Gasteiger partial charge in [0.05, 0.1) is 0 Å². The number of esters is 1. The Morgan fingerprint density at radius 3 is 2.60 bits per heavy atom. The molecule has 0 amide bonds. The monoisotopic (exact) mass is 432 g/mol. The zero-order valence-corrected chi connectivity index (χ0v) is 18.5. The van der Waals surface area contributed by atoms with E-state index in [-0.39, 0.29) is 35.6 Å². The van der Waals surface area contributed by atoms with Gasteiger partial charge in [-0.3, -0.25) is 14.4 Å². The second-order valence-corrected chi connectivity index (χ2v) is 11.0. The van der Waals surface area contributed by atoms with Gasteiger partial charge in [0.25, 0.3) is 0 Å². The molecule has 0 aromatic heterocycles. The van der Waals surface area contributed by atoms with Crippen molar-refractivity contribution in [3.8, 4) is 0 Å². The molecule has 0 radical (unpaired) electrons. The van der Waals surface area contributed by atoms with Gasteiger partial charge in [0, 0.05) is 28.7 Å². The minimum Gasteiger partial charge on any atom is -0.458 e. The summed E-state index contributed by atoms with van der Waals surface area (Å²) in [5.74, 6) is 0.451. The second kappa shape index (κ2) is 6.29. The van der Waals surface area contributed by atoms with Crippen molar-refractivity contribution >= 4 is 29.1 Å². The van der Waals surface area contributed by atoms with E-state index in [2.05, 4.69) is 13.0 Å². The predicted molar refractivity (Wildman–Crippen MR) is 110 cm³/mol. The third-order valence-electron chi connectivity index (χ3n) is 9.51. The number of aliphatic hydroxyl groups is 1. The van der Waals surface area contributed by atoms with E-state index < -0.39 is 22.8 Å². The molecule has 30 heavy (non-hydrogen) atoms. The first-order valence-electron chi connectivity index (χ1n) is 11.1. The Morgan fingerprint density at radius 2 is 1.90 bits per heavy atom. The van der Waals surface area contributed by atoms with Crippen LogP contribution in [0.15, 0.2) is 22.8 Å². The van der Waals surface area contributed by atoms with Crippen LogP contribution in [0.25, 0.3) is 0 Å². The predicted octanol–water partition coefficient (Wildman–Crippen LogP) is 3.58. The fraction of sp³-hybridized carbons (Fsp3) is 0.708. The highest BCUT2D eigenvalue weighted by Gasteiger charge is 2.69. The number of carbonyl (C=O) groups is 3. The summed E-state index contributed by atoms with van der Waals surface area (Å²) in [6.45, 7) is 5.18. The molecule has 0 bridgehead atoms. The molecule has 0 heterocycles. The average molecular weight is 433 g/mol. The third-order valence-corrected chi connectivity index (χ3v) is 9.84. The van der Waals surface area contributed by atoms with Crippen LogP contribution in [0.5, 0.6) is 0 Å². The highest BCUT2D eigenvalue weighted by Crippen LogP contribution is 2.72. The van der Waals surface area contributed by atoms with Crippen molar-refractivity contribution in [2.75, 3.05) is 6.61 Å². The van der Waals surface area contributed by atoms with Gasteiger partial charge in [-0.25, -0.2) is 0 Å². The third kappa shape index (κ3) is 2.42. The van der Waals surface area contributed by atoms with Crippen molar-refractivity contribution in [1.29, 1.82) is 0 Å². The van der Waals surface area contributed by atoms with Crippen molar-refractivity contribution in [2.45, 2.75) is 58.5 Å². The number of hydrogen-bond donors (Lipinski definition) is 1. The molecular weight excluding hydrogens is 404 g/mol. The summed E-state index contributed by atoms with van der Waals surface area (Å²) in [7, 11) is 0. The summed E-state index contributed by atoms with van der Waals surface area (Å²) in [6, 6.07) is 0. The van der Waals surface area contributed by atoms with Crippen LogP contribution < -0.4 is 0 Å². The van der Waals surface area contributed by atoms with Gasteiger partial charge in [0.1, 0.15) is 5.60 Å². The molecular formula is C24H29ClO5.